The van der Waals surface area contributed by atoms with Gasteiger partial charge in [-0.2, -0.15) is 0 Å². The minimum absolute atomic E-state index is 0.198. The van der Waals surface area contributed by atoms with E-state index in [4.69, 9.17) is 4.74 Å². The first-order valence-corrected chi connectivity index (χ1v) is 8.43. The molecule has 4 rings (SSSR count). The highest BCUT2D eigenvalue weighted by Gasteiger charge is 2.35. The first kappa shape index (κ1) is 15.5. The van der Waals surface area contributed by atoms with Crippen molar-refractivity contribution in [3.05, 3.63) is 86.6 Å². The monoisotopic (exact) mass is 348 g/mol. The number of benzene rings is 2. The number of carbonyl (C=O) groups excluding carboxylic acids is 3. The Morgan fingerprint density at radius 1 is 0.920 bits per heavy atom. The van der Waals surface area contributed by atoms with Crippen LogP contribution in [0.1, 0.15) is 46.4 Å². The Hall–Kier alpha value is -3.05. The van der Waals surface area contributed by atoms with Crippen molar-refractivity contribution in [3.63, 3.8) is 0 Å². The average Bonchev–Trinajstić information content (AvgIpc) is 3.11. The first-order valence-electron chi connectivity index (χ1n) is 7.62. The third kappa shape index (κ3) is 2.32. The second-order valence-corrected chi connectivity index (χ2v) is 6.64. The van der Waals surface area contributed by atoms with E-state index in [0.717, 1.165) is 11.3 Å². The molecule has 1 heterocycles. The molecule has 0 radical (unpaired) electrons. The summed E-state index contributed by atoms with van der Waals surface area (Å²) in [7, 11) is 1.46. The van der Waals surface area contributed by atoms with Gasteiger partial charge in [0.05, 0.1) is 22.4 Å². The van der Waals surface area contributed by atoms with E-state index in [1.807, 2.05) is 6.07 Å². The molecular weight excluding hydrogens is 336 g/mol. The fraction of sp³-hybridized carbons (Fsp3) is 0.0500. The minimum Gasteiger partial charge on any atom is -0.496 e. The maximum Gasteiger partial charge on any atom is 0.208 e. The van der Waals surface area contributed by atoms with E-state index < -0.39 is 0 Å². The molecule has 0 bridgehead atoms. The number of thiophene rings is 1. The molecule has 0 saturated carbocycles. The summed E-state index contributed by atoms with van der Waals surface area (Å²) in [5, 5.41) is 0. The number of carbonyl (C=O) groups is 3. The smallest absolute Gasteiger partial charge is 0.208 e. The zero-order valence-electron chi connectivity index (χ0n) is 13.2. The molecule has 0 N–H and O–H groups in total. The summed E-state index contributed by atoms with van der Waals surface area (Å²) in [5.74, 6) is -0.367. The van der Waals surface area contributed by atoms with Gasteiger partial charge in [0, 0.05) is 16.7 Å². The molecule has 2 aromatic carbocycles. The number of fused-ring (bicyclic) bond motifs is 2. The van der Waals surface area contributed by atoms with Gasteiger partial charge in [-0.05, 0) is 12.1 Å². The lowest BCUT2D eigenvalue weighted by Crippen LogP contribution is -2.19. The minimum atomic E-state index is -0.279. The number of ketones is 3. The molecule has 0 spiro atoms. The molecule has 1 aliphatic rings. The summed E-state index contributed by atoms with van der Waals surface area (Å²) >= 11 is 1.06. The maximum atomic E-state index is 12.9. The number of hydrogen-bond donors (Lipinski definition) is 0. The second-order valence-electron chi connectivity index (χ2n) is 5.59. The number of hydrogen-bond acceptors (Lipinski definition) is 5. The predicted molar refractivity (Wildman–Crippen MR) is 94.1 cm³/mol. The molecule has 3 aromatic rings. The van der Waals surface area contributed by atoms with Crippen molar-refractivity contribution in [3.8, 4) is 5.75 Å². The normalized spacial score (nSPS) is 12.5. The van der Waals surface area contributed by atoms with E-state index in [2.05, 4.69) is 0 Å². The van der Waals surface area contributed by atoms with Crippen LogP contribution in [-0.2, 0) is 0 Å². The highest BCUT2D eigenvalue weighted by molar-refractivity contribution is 7.17. The Morgan fingerprint density at radius 3 is 2.40 bits per heavy atom. The number of rotatable bonds is 3. The van der Waals surface area contributed by atoms with Gasteiger partial charge in [0.15, 0.2) is 5.78 Å². The number of methoxy groups -OCH3 is 1. The Labute approximate surface area is 147 Å². The maximum absolute atomic E-state index is 12.9. The van der Waals surface area contributed by atoms with Crippen LogP contribution < -0.4 is 4.74 Å². The molecule has 1 aliphatic carbocycles. The molecule has 5 heteroatoms. The van der Waals surface area contributed by atoms with Gasteiger partial charge < -0.3 is 4.74 Å². The van der Waals surface area contributed by atoms with Crippen LogP contribution in [0.4, 0.5) is 0 Å². The fourth-order valence-electron chi connectivity index (χ4n) is 2.96. The molecule has 4 nitrogen and oxygen atoms in total. The summed E-state index contributed by atoms with van der Waals surface area (Å²) in [4.78, 5) is 39.0. The predicted octanol–water partition coefficient (Wildman–Crippen LogP) is 3.76. The van der Waals surface area contributed by atoms with E-state index in [9.17, 15) is 14.4 Å². The van der Waals surface area contributed by atoms with Crippen molar-refractivity contribution in [1.29, 1.82) is 0 Å². The highest BCUT2D eigenvalue weighted by Crippen LogP contribution is 2.37. The Morgan fingerprint density at radius 2 is 1.68 bits per heavy atom. The van der Waals surface area contributed by atoms with Crippen LogP contribution in [0.3, 0.4) is 0 Å². The lowest BCUT2D eigenvalue weighted by atomic mass is 9.88. The van der Waals surface area contributed by atoms with E-state index >= 15 is 0 Å². The van der Waals surface area contributed by atoms with Crippen molar-refractivity contribution >= 4 is 28.7 Å². The molecule has 0 fully saturated rings. The second kappa shape index (κ2) is 5.79. The van der Waals surface area contributed by atoms with Crippen LogP contribution in [0.25, 0.3) is 0 Å². The Kier molecular flexibility index (Phi) is 3.58. The molecule has 0 saturated heterocycles. The summed E-state index contributed by atoms with van der Waals surface area (Å²) in [5.41, 5.74) is 1.39. The van der Waals surface area contributed by atoms with Crippen LogP contribution in [-0.4, -0.2) is 24.5 Å². The number of ether oxygens (including phenoxy) is 1. The fourth-order valence-corrected chi connectivity index (χ4v) is 4.02. The molecule has 122 valence electrons. The van der Waals surface area contributed by atoms with Crippen molar-refractivity contribution in [2.45, 2.75) is 0 Å². The van der Waals surface area contributed by atoms with Gasteiger partial charge in [-0.25, -0.2) is 0 Å². The van der Waals surface area contributed by atoms with E-state index in [0.29, 0.717) is 26.6 Å². The van der Waals surface area contributed by atoms with Crippen LogP contribution in [0.2, 0.25) is 0 Å². The Bertz CT molecular complexity index is 1030. The van der Waals surface area contributed by atoms with Crippen molar-refractivity contribution in [1.82, 2.24) is 0 Å². The summed E-state index contributed by atoms with van der Waals surface area (Å²) in [6, 6.07) is 15.3. The van der Waals surface area contributed by atoms with E-state index in [1.165, 1.54) is 13.2 Å². The SMILES string of the molecule is COc1cccc2c1C(=O)c1sc(C(=O)c3ccccc3)cc1C2=O. The van der Waals surface area contributed by atoms with Gasteiger partial charge in [0.1, 0.15) is 5.75 Å². The van der Waals surface area contributed by atoms with Crippen LogP contribution in [0.15, 0.2) is 54.6 Å². The van der Waals surface area contributed by atoms with E-state index in [-0.39, 0.29) is 28.5 Å². The van der Waals surface area contributed by atoms with Crippen LogP contribution in [0, 0.1) is 0 Å². The van der Waals surface area contributed by atoms with Crippen molar-refractivity contribution < 1.29 is 19.1 Å². The quantitative estimate of drug-likeness (QED) is 0.529. The van der Waals surface area contributed by atoms with Gasteiger partial charge in [0.25, 0.3) is 0 Å². The van der Waals surface area contributed by atoms with Gasteiger partial charge in [-0.1, -0.05) is 42.5 Å². The third-order valence-electron chi connectivity index (χ3n) is 4.16. The first-order chi connectivity index (χ1) is 12.1. The summed E-state index contributed by atoms with van der Waals surface area (Å²) in [6.45, 7) is 0. The van der Waals surface area contributed by atoms with Crippen LogP contribution >= 0.6 is 11.3 Å². The highest BCUT2D eigenvalue weighted by atomic mass is 32.1. The molecular formula is C20H12O4S. The molecule has 25 heavy (non-hydrogen) atoms. The van der Waals surface area contributed by atoms with E-state index in [1.54, 1.807) is 42.5 Å². The zero-order chi connectivity index (χ0) is 17.6. The molecule has 1 aromatic heterocycles. The van der Waals surface area contributed by atoms with Crippen molar-refractivity contribution in [2.24, 2.45) is 0 Å². The molecule has 0 unspecified atom stereocenters. The Balaban J connectivity index is 1.84. The lowest BCUT2D eigenvalue weighted by molar-refractivity contribution is 0.0980. The van der Waals surface area contributed by atoms with Gasteiger partial charge >= 0.3 is 0 Å². The van der Waals surface area contributed by atoms with Gasteiger partial charge in [-0.15, -0.1) is 11.3 Å². The standard InChI is InChI=1S/C20H12O4S/c1-24-14-9-5-8-12-16(14)19(23)20-13(18(12)22)10-15(25-20)17(21)11-6-3-2-4-7-11/h2-10H,1H3. The van der Waals surface area contributed by atoms with Crippen molar-refractivity contribution in [2.75, 3.05) is 7.11 Å². The molecule has 0 atom stereocenters. The third-order valence-corrected chi connectivity index (χ3v) is 5.29. The van der Waals surface area contributed by atoms with Crippen LogP contribution in [0.5, 0.6) is 5.75 Å². The average molecular weight is 348 g/mol. The summed E-state index contributed by atoms with van der Waals surface area (Å²) in [6.07, 6.45) is 0. The van der Waals surface area contributed by atoms with Gasteiger partial charge in [-0.3, -0.25) is 14.4 Å². The van der Waals surface area contributed by atoms with Gasteiger partial charge in [0.2, 0.25) is 11.6 Å². The molecule has 0 aliphatic heterocycles. The zero-order valence-corrected chi connectivity index (χ0v) is 14.1. The largest absolute Gasteiger partial charge is 0.496 e. The summed E-state index contributed by atoms with van der Waals surface area (Å²) < 4.78 is 5.23. The lowest BCUT2D eigenvalue weighted by Gasteiger charge is -2.16. The molecule has 0 amide bonds. The topological polar surface area (TPSA) is 60.4 Å².